The minimum absolute atomic E-state index is 0.164. The Balaban J connectivity index is 3.28. The quantitative estimate of drug-likeness (QED) is 0.550. The number of halogens is 2. The normalized spacial score (nSPS) is 12.0. The van der Waals surface area contributed by atoms with Crippen LogP contribution in [0.5, 0.6) is 0 Å². The number of ether oxygens (including phenoxy) is 1. The number of alkyl halides is 2. The van der Waals surface area contributed by atoms with Crippen LogP contribution < -0.4 is 0 Å². The number of hydrogen-bond donors (Lipinski definition) is 0. The standard InChI is InChI=1S/C7H14F2O/c1-3-5-6-10-7(8,9)4-2/h3-6H2,1-2H3. The van der Waals surface area contributed by atoms with Crippen LogP contribution in [0.3, 0.4) is 0 Å². The van der Waals surface area contributed by atoms with Gasteiger partial charge in [-0.1, -0.05) is 20.3 Å². The van der Waals surface area contributed by atoms with Crippen molar-refractivity contribution in [2.45, 2.75) is 39.2 Å². The fourth-order valence-corrected chi connectivity index (χ4v) is 0.468. The average Bonchev–Trinajstić information content (AvgIpc) is 1.89. The van der Waals surface area contributed by atoms with Gasteiger partial charge in [0, 0.05) is 6.42 Å². The first-order valence-corrected chi connectivity index (χ1v) is 3.64. The zero-order valence-corrected chi connectivity index (χ0v) is 6.49. The zero-order chi connectivity index (χ0) is 8.04. The van der Waals surface area contributed by atoms with Gasteiger partial charge in [-0.05, 0) is 6.42 Å². The largest absolute Gasteiger partial charge is 0.355 e. The number of hydrogen-bond acceptors (Lipinski definition) is 1. The Bertz CT molecular complexity index is 83.7. The fraction of sp³-hybridized carbons (Fsp3) is 1.00. The summed E-state index contributed by atoms with van der Waals surface area (Å²) >= 11 is 0. The van der Waals surface area contributed by atoms with Gasteiger partial charge in [0.25, 0.3) is 0 Å². The molecule has 0 N–H and O–H groups in total. The van der Waals surface area contributed by atoms with Gasteiger partial charge in [-0.3, -0.25) is 0 Å². The van der Waals surface area contributed by atoms with Crippen molar-refractivity contribution in [3.05, 3.63) is 0 Å². The Morgan fingerprint density at radius 1 is 1.30 bits per heavy atom. The van der Waals surface area contributed by atoms with Gasteiger partial charge in [-0.2, -0.15) is 8.78 Å². The highest BCUT2D eigenvalue weighted by molar-refractivity contribution is 4.46. The van der Waals surface area contributed by atoms with Crippen LogP contribution in [0.25, 0.3) is 0 Å². The molecule has 0 atom stereocenters. The Hall–Kier alpha value is -0.180. The predicted octanol–water partition coefficient (Wildman–Crippen LogP) is 2.81. The maximum atomic E-state index is 12.3. The van der Waals surface area contributed by atoms with Gasteiger partial charge in [0.15, 0.2) is 0 Å². The van der Waals surface area contributed by atoms with E-state index >= 15 is 0 Å². The van der Waals surface area contributed by atoms with Crippen LogP contribution in [0, 0.1) is 0 Å². The molecule has 0 unspecified atom stereocenters. The third-order valence-electron chi connectivity index (χ3n) is 1.22. The lowest BCUT2D eigenvalue weighted by Gasteiger charge is -2.13. The molecule has 1 nitrogen and oxygen atoms in total. The molecule has 62 valence electrons. The molecule has 0 aromatic carbocycles. The summed E-state index contributed by atoms with van der Waals surface area (Å²) in [6.07, 6.45) is -1.55. The Kier molecular flexibility index (Phi) is 4.52. The fourth-order valence-electron chi connectivity index (χ4n) is 0.468. The van der Waals surface area contributed by atoms with Crippen molar-refractivity contribution in [1.82, 2.24) is 0 Å². The van der Waals surface area contributed by atoms with E-state index in [4.69, 9.17) is 0 Å². The van der Waals surface area contributed by atoms with Crippen molar-refractivity contribution in [3.8, 4) is 0 Å². The van der Waals surface area contributed by atoms with Crippen molar-refractivity contribution in [3.63, 3.8) is 0 Å². The van der Waals surface area contributed by atoms with Crippen LogP contribution >= 0.6 is 0 Å². The highest BCUT2D eigenvalue weighted by atomic mass is 19.3. The number of unbranched alkanes of at least 4 members (excludes halogenated alkanes) is 1. The molecule has 0 aliphatic rings. The van der Waals surface area contributed by atoms with Crippen molar-refractivity contribution >= 4 is 0 Å². The molecule has 0 bridgehead atoms. The lowest BCUT2D eigenvalue weighted by Crippen LogP contribution is -2.19. The summed E-state index contributed by atoms with van der Waals surface area (Å²) in [5.74, 6) is 0. The molecule has 0 saturated carbocycles. The van der Waals surface area contributed by atoms with Crippen molar-refractivity contribution in [1.29, 1.82) is 0 Å². The van der Waals surface area contributed by atoms with E-state index in [2.05, 4.69) is 4.74 Å². The van der Waals surface area contributed by atoms with Crippen LogP contribution in [-0.4, -0.2) is 12.7 Å². The summed E-state index contributed by atoms with van der Waals surface area (Å²) in [5, 5.41) is 0. The van der Waals surface area contributed by atoms with Gasteiger partial charge in [0.1, 0.15) is 0 Å². The summed E-state index contributed by atoms with van der Waals surface area (Å²) in [4.78, 5) is 0. The summed E-state index contributed by atoms with van der Waals surface area (Å²) in [7, 11) is 0. The minimum atomic E-state index is -2.91. The Morgan fingerprint density at radius 3 is 2.30 bits per heavy atom. The zero-order valence-electron chi connectivity index (χ0n) is 6.49. The van der Waals surface area contributed by atoms with Crippen molar-refractivity contribution in [2.75, 3.05) is 6.61 Å². The van der Waals surface area contributed by atoms with E-state index in [-0.39, 0.29) is 13.0 Å². The molecule has 0 heterocycles. The van der Waals surface area contributed by atoms with Crippen LogP contribution in [0.4, 0.5) is 8.78 Å². The molecule has 0 rings (SSSR count). The second-order valence-electron chi connectivity index (χ2n) is 2.19. The van der Waals surface area contributed by atoms with E-state index in [0.717, 1.165) is 6.42 Å². The highest BCUT2D eigenvalue weighted by Crippen LogP contribution is 2.19. The van der Waals surface area contributed by atoms with Gasteiger partial charge >= 0.3 is 6.11 Å². The maximum Gasteiger partial charge on any atom is 0.355 e. The molecule has 0 amide bonds. The van der Waals surface area contributed by atoms with Crippen LogP contribution in [-0.2, 0) is 4.74 Å². The lowest BCUT2D eigenvalue weighted by atomic mass is 10.3. The molecule has 0 aliphatic heterocycles. The van der Waals surface area contributed by atoms with Crippen LogP contribution in [0.2, 0.25) is 0 Å². The van der Waals surface area contributed by atoms with Gasteiger partial charge in [-0.15, -0.1) is 0 Å². The first kappa shape index (κ1) is 9.82. The maximum absolute atomic E-state index is 12.3. The molecular weight excluding hydrogens is 138 g/mol. The van der Waals surface area contributed by atoms with Gasteiger partial charge in [-0.25, -0.2) is 0 Å². The predicted molar refractivity (Wildman–Crippen MR) is 36.1 cm³/mol. The van der Waals surface area contributed by atoms with Gasteiger partial charge in [0.2, 0.25) is 0 Å². The third-order valence-corrected chi connectivity index (χ3v) is 1.22. The Morgan fingerprint density at radius 2 is 1.90 bits per heavy atom. The van der Waals surface area contributed by atoms with E-state index in [1.807, 2.05) is 6.92 Å². The van der Waals surface area contributed by atoms with Crippen molar-refractivity contribution in [2.24, 2.45) is 0 Å². The Labute approximate surface area is 60.4 Å². The van der Waals surface area contributed by atoms with E-state index in [9.17, 15) is 8.78 Å². The molecule has 10 heavy (non-hydrogen) atoms. The van der Waals surface area contributed by atoms with E-state index in [1.54, 1.807) is 0 Å². The second kappa shape index (κ2) is 4.61. The molecule has 3 heteroatoms. The monoisotopic (exact) mass is 152 g/mol. The third kappa shape index (κ3) is 4.68. The summed E-state index contributed by atoms with van der Waals surface area (Å²) in [6, 6.07) is 0. The minimum Gasteiger partial charge on any atom is -0.321 e. The van der Waals surface area contributed by atoms with Gasteiger partial charge < -0.3 is 4.74 Å². The molecule has 0 saturated heterocycles. The smallest absolute Gasteiger partial charge is 0.321 e. The summed E-state index contributed by atoms with van der Waals surface area (Å²) in [6.45, 7) is 3.51. The van der Waals surface area contributed by atoms with E-state index in [1.165, 1.54) is 6.92 Å². The molecule has 0 spiro atoms. The SMILES string of the molecule is CCCCOC(F)(F)CC. The molecule has 0 fully saturated rings. The first-order chi connectivity index (χ1) is 4.62. The molecule has 0 aliphatic carbocycles. The highest BCUT2D eigenvalue weighted by Gasteiger charge is 2.25. The molecule has 0 radical (unpaired) electrons. The summed E-state index contributed by atoms with van der Waals surface area (Å²) < 4.78 is 28.8. The van der Waals surface area contributed by atoms with Gasteiger partial charge in [0.05, 0.1) is 6.61 Å². The molecule has 0 aromatic heterocycles. The van der Waals surface area contributed by atoms with E-state index < -0.39 is 6.11 Å². The summed E-state index contributed by atoms with van der Waals surface area (Å²) in [5.41, 5.74) is 0. The molecule has 0 aromatic rings. The van der Waals surface area contributed by atoms with Crippen LogP contribution in [0.1, 0.15) is 33.1 Å². The lowest BCUT2D eigenvalue weighted by molar-refractivity contribution is -0.239. The van der Waals surface area contributed by atoms with Crippen LogP contribution in [0.15, 0.2) is 0 Å². The first-order valence-electron chi connectivity index (χ1n) is 3.64. The topological polar surface area (TPSA) is 9.23 Å². The second-order valence-corrected chi connectivity index (χ2v) is 2.19. The number of rotatable bonds is 5. The molecular formula is C7H14F2O. The van der Waals surface area contributed by atoms with E-state index in [0.29, 0.717) is 6.42 Å². The average molecular weight is 152 g/mol. The van der Waals surface area contributed by atoms with Crippen molar-refractivity contribution < 1.29 is 13.5 Å².